The molecule has 2 rings (SSSR count). The highest BCUT2D eigenvalue weighted by atomic mass is 19.4. The van der Waals surface area contributed by atoms with Gasteiger partial charge in [-0.25, -0.2) is 0 Å². The summed E-state index contributed by atoms with van der Waals surface area (Å²) < 4.78 is 43.4. The third-order valence-corrected chi connectivity index (χ3v) is 3.73. The van der Waals surface area contributed by atoms with Crippen LogP contribution in [0, 0.1) is 0 Å². The van der Waals surface area contributed by atoms with Crippen LogP contribution in [0.3, 0.4) is 0 Å². The number of likely N-dealkylation sites (N-methyl/N-ethyl adjacent to an activating group) is 1. The summed E-state index contributed by atoms with van der Waals surface area (Å²) in [6.07, 6.45) is -2.47. The van der Waals surface area contributed by atoms with Gasteiger partial charge in [-0.15, -0.1) is 0 Å². The van der Waals surface area contributed by atoms with Crippen LogP contribution in [0.5, 0.6) is 5.75 Å². The first-order valence-electron chi connectivity index (χ1n) is 7.05. The monoisotopic (exact) mass is 302 g/mol. The van der Waals surface area contributed by atoms with Crippen molar-refractivity contribution in [3.8, 4) is 5.75 Å². The standard InChI is InChI=1S/C15H21F3N2O/c1-19-13(12-5-3-4-6-14(12)21-2)9-20(11-7-8-11)10-15(16,17)18/h3-6,11,13,19H,7-10H2,1-2H3. The van der Waals surface area contributed by atoms with Crippen LogP contribution in [0.25, 0.3) is 0 Å². The highest BCUT2D eigenvalue weighted by Crippen LogP contribution is 2.33. The minimum Gasteiger partial charge on any atom is -0.496 e. The highest BCUT2D eigenvalue weighted by Gasteiger charge is 2.39. The second-order valence-electron chi connectivity index (χ2n) is 5.36. The lowest BCUT2D eigenvalue weighted by molar-refractivity contribution is -0.147. The largest absolute Gasteiger partial charge is 0.496 e. The predicted molar refractivity (Wildman–Crippen MR) is 75.4 cm³/mol. The van der Waals surface area contributed by atoms with Gasteiger partial charge in [0.2, 0.25) is 0 Å². The van der Waals surface area contributed by atoms with Crippen LogP contribution in [-0.2, 0) is 0 Å². The summed E-state index contributed by atoms with van der Waals surface area (Å²) in [4.78, 5) is 1.52. The smallest absolute Gasteiger partial charge is 0.401 e. The number of halogens is 3. The minimum absolute atomic E-state index is 0.0529. The number of hydrogen-bond donors (Lipinski definition) is 1. The number of para-hydroxylation sites is 1. The van der Waals surface area contributed by atoms with E-state index in [0.29, 0.717) is 12.3 Å². The lowest BCUT2D eigenvalue weighted by Gasteiger charge is -2.29. The van der Waals surface area contributed by atoms with E-state index in [0.717, 1.165) is 18.4 Å². The lowest BCUT2D eigenvalue weighted by Crippen LogP contribution is -2.41. The number of benzene rings is 1. The summed E-state index contributed by atoms with van der Waals surface area (Å²) in [5.74, 6) is 0.694. The minimum atomic E-state index is -4.17. The van der Waals surface area contributed by atoms with E-state index in [4.69, 9.17) is 4.74 Å². The van der Waals surface area contributed by atoms with Crippen molar-refractivity contribution in [1.29, 1.82) is 0 Å². The Bertz CT molecular complexity index is 460. The van der Waals surface area contributed by atoms with Gasteiger partial charge in [0.25, 0.3) is 0 Å². The number of methoxy groups -OCH3 is 1. The lowest BCUT2D eigenvalue weighted by atomic mass is 10.0. The van der Waals surface area contributed by atoms with E-state index >= 15 is 0 Å². The van der Waals surface area contributed by atoms with Crippen molar-refractivity contribution in [2.75, 3.05) is 27.2 Å². The Morgan fingerprint density at radius 3 is 2.52 bits per heavy atom. The summed E-state index contributed by atoms with van der Waals surface area (Å²) in [7, 11) is 3.33. The zero-order chi connectivity index (χ0) is 15.5. The average molecular weight is 302 g/mol. The molecular weight excluding hydrogens is 281 g/mol. The molecule has 6 heteroatoms. The molecule has 0 aromatic heterocycles. The van der Waals surface area contributed by atoms with Gasteiger partial charge in [-0.1, -0.05) is 18.2 Å². The fraction of sp³-hybridized carbons (Fsp3) is 0.600. The van der Waals surface area contributed by atoms with Crippen LogP contribution in [0.15, 0.2) is 24.3 Å². The quantitative estimate of drug-likeness (QED) is 0.838. The fourth-order valence-corrected chi connectivity index (χ4v) is 2.55. The Morgan fingerprint density at radius 2 is 2.00 bits per heavy atom. The van der Waals surface area contributed by atoms with Gasteiger partial charge in [-0.05, 0) is 26.0 Å². The molecule has 1 unspecified atom stereocenters. The van der Waals surface area contributed by atoms with Crippen LogP contribution in [0.2, 0.25) is 0 Å². The van der Waals surface area contributed by atoms with E-state index in [2.05, 4.69) is 5.32 Å². The summed E-state index contributed by atoms with van der Waals surface area (Å²) in [6, 6.07) is 7.29. The van der Waals surface area contributed by atoms with Crippen LogP contribution in [-0.4, -0.2) is 44.4 Å². The topological polar surface area (TPSA) is 24.5 Å². The summed E-state index contributed by atoms with van der Waals surface area (Å²) in [5, 5.41) is 3.10. The van der Waals surface area contributed by atoms with Gasteiger partial charge in [0, 0.05) is 24.2 Å². The summed E-state index contributed by atoms with van der Waals surface area (Å²) >= 11 is 0. The molecule has 0 bridgehead atoms. The number of ether oxygens (including phenoxy) is 1. The van der Waals surface area contributed by atoms with E-state index < -0.39 is 12.7 Å². The van der Waals surface area contributed by atoms with Crippen molar-refractivity contribution in [3.05, 3.63) is 29.8 Å². The van der Waals surface area contributed by atoms with E-state index in [-0.39, 0.29) is 12.1 Å². The van der Waals surface area contributed by atoms with Crippen molar-refractivity contribution in [3.63, 3.8) is 0 Å². The van der Waals surface area contributed by atoms with Gasteiger partial charge in [-0.3, -0.25) is 4.90 Å². The van der Waals surface area contributed by atoms with Gasteiger partial charge >= 0.3 is 6.18 Å². The second-order valence-corrected chi connectivity index (χ2v) is 5.36. The SMILES string of the molecule is CNC(CN(CC(F)(F)F)C1CC1)c1ccccc1OC. The molecule has 118 valence electrons. The first kappa shape index (κ1) is 16.1. The van der Waals surface area contributed by atoms with Crippen LogP contribution < -0.4 is 10.1 Å². The molecule has 1 N–H and O–H groups in total. The Balaban J connectivity index is 2.12. The van der Waals surface area contributed by atoms with Crippen LogP contribution >= 0.6 is 0 Å². The molecule has 0 aliphatic heterocycles. The van der Waals surface area contributed by atoms with Crippen molar-refractivity contribution in [2.45, 2.75) is 31.1 Å². The van der Waals surface area contributed by atoms with Crippen molar-refractivity contribution in [2.24, 2.45) is 0 Å². The Kier molecular flexibility index (Phi) is 5.11. The average Bonchev–Trinajstić information content (AvgIpc) is 3.26. The number of rotatable bonds is 7. The number of nitrogens with one attached hydrogen (secondary N) is 1. The third kappa shape index (κ3) is 4.61. The summed E-state index contributed by atoms with van der Waals surface area (Å²) in [6.45, 7) is -0.536. The molecule has 1 atom stereocenters. The maximum atomic E-state index is 12.7. The second kappa shape index (κ2) is 6.66. The van der Waals surface area contributed by atoms with Crippen molar-refractivity contribution < 1.29 is 17.9 Å². The molecule has 21 heavy (non-hydrogen) atoms. The van der Waals surface area contributed by atoms with Crippen molar-refractivity contribution >= 4 is 0 Å². The molecule has 0 spiro atoms. The predicted octanol–water partition coefficient (Wildman–Crippen LogP) is 2.98. The van der Waals surface area contributed by atoms with Gasteiger partial charge in [0.05, 0.1) is 13.7 Å². The van der Waals surface area contributed by atoms with Gasteiger partial charge < -0.3 is 10.1 Å². The molecular formula is C15H21F3N2O. The number of nitrogens with zero attached hydrogens (tertiary/aromatic N) is 1. The fourth-order valence-electron chi connectivity index (χ4n) is 2.55. The molecule has 0 radical (unpaired) electrons. The molecule has 0 amide bonds. The maximum absolute atomic E-state index is 12.7. The Morgan fingerprint density at radius 1 is 1.33 bits per heavy atom. The third-order valence-electron chi connectivity index (χ3n) is 3.73. The van der Waals surface area contributed by atoms with E-state index in [9.17, 15) is 13.2 Å². The highest BCUT2D eigenvalue weighted by molar-refractivity contribution is 5.36. The van der Waals surface area contributed by atoms with Crippen LogP contribution in [0.4, 0.5) is 13.2 Å². The molecule has 1 aromatic carbocycles. The molecule has 1 fully saturated rings. The number of hydrogen-bond acceptors (Lipinski definition) is 3. The zero-order valence-corrected chi connectivity index (χ0v) is 12.3. The molecule has 0 saturated heterocycles. The molecule has 0 heterocycles. The maximum Gasteiger partial charge on any atom is 0.401 e. The van der Waals surface area contributed by atoms with Crippen LogP contribution in [0.1, 0.15) is 24.4 Å². The molecule has 1 aliphatic rings. The Labute approximate surface area is 123 Å². The zero-order valence-electron chi connectivity index (χ0n) is 12.3. The van der Waals surface area contributed by atoms with Gasteiger partial charge in [0.15, 0.2) is 0 Å². The first-order valence-corrected chi connectivity index (χ1v) is 7.05. The normalized spacial score (nSPS) is 17.0. The van der Waals surface area contributed by atoms with E-state index in [1.165, 1.54) is 4.90 Å². The molecule has 1 aromatic rings. The Hall–Kier alpha value is -1.27. The van der Waals surface area contributed by atoms with Gasteiger partial charge in [-0.2, -0.15) is 13.2 Å². The van der Waals surface area contributed by atoms with Crippen molar-refractivity contribution in [1.82, 2.24) is 10.2 Å². The molecule has 3 nitrogen and oxygen atoms in total. The van der Waals surface area contributed by atoms with E-state index in [1.807, 2.05) is 24.3 Å². The number of alkyl halides is 3. The van der Waals surface area contributed by atoms with E-state index in [1.54, 1.807) is 14.2 Å². The molecule has 1 aliphatic carbocycles. The molecule has 1 saturated carbocycles. The van der Waals surface area contributed by atoms with Gasteiger partial charge in [0.1, 0.15) is 5.75 Å². The first-order chi connectivity index (χ1) is 9.94. The summed E-state index contributed by atoms with van der Waals surface area (Å²) in [5.41, 5.74) is 0.885.